The lowest BCUT2D eigenvalue weighted by molar-refractivity contribution is -0.119. The molecule has 1 aromatic carbocycles. The van der Waals surface area contributed by atoms with Crippen molar-refractivity contribution in [2.45, 2.75) is 44.6 Å². The maximum Gasteiger partial charge on any atom is 0.227 e. The van der Waals surface area contributed by atoms with Crippen molar-refractivity contribution in [3.8, 4) is 11.1 Å². The second-order valence-corrected chi connectivity index (χ2v) is 9.07. The van der Waals surface area contributed by atoms with Gasteiger partial charge in [0.2, 0.25) is 5.91 Å². The van der Waals surface area contributed by atoms with Gasteiger partial charge in [-0.05, 0) is 50.2 Å². The summed E-state index contributed by atoms with van der Waals surface area (Å²) in [5, 5.41) is 14.7. The van der Waals surface area contributed by atoms with Crippen molar-refractivity contribution in [2.75, 3.05) is 23.3 Å². The summed E-state index contributed by atoms with van der Waals surface area (Å²) in [7, 11) is 0. The summed E-state index contributed by atoms with van der Waals surface area (Å²) in [5.41, 5.74) is 3.71. The van der Waals surface area contributed by atoms with E-state index < -0.39 is 0 Å². The number of amides is 1. The summed E-state index contributed by atoms with van der Waals surface area (Å²) >= 11 is 6.65. The molecule has 1 aliphatic heterocycles. The van der Waals surface area contributed by atoms with Crippen LogP contribution in [0, 0.1) is 5.92 Å². The Kier molecular flexibility index (Phi) is 5.59. The van der Waals surface area contributed by atoms with Gasteiger partial charge in [-0.1, -0.05) is 23.7 Å². The standard InChI is InChI=1S/C24H27ClN4O2/c25-20-11-22(26-12-15-7-8-16(30)10-15)27-14-19(20)18-13-28-24-17(18)4-3-5-21(24)29-9-2-1-6-23(29)31/h3-5,11,13-16,28,30H,1-2,6-10,12H2,(H,26,27). The van der Waals surface area contributed by atoms with Crippen LogP contribution in [0.25, 0.3) is 22.0 Å². The first kappa shape index (κ1) is 20.3. The molecular formula is C24H27ClN4O2. The number of nitrogens with zero attached hydrogens (tertiary/aromatic N) is 2. The van der Waals surface area contributed by atoms with Crippen molar-refractivity contribution >= 4 is 39.9 Å². The molecule has 3 aromatic rings. The highest BCUT2D eigenvalue weighted by atomic mass is 35.5. The monoisotopic (exact) mass is 438 g/mol. The van der Waals surface area contributed by atoms with Crippen LogP contribution in [-0.4, -0.2) is 40.2 Å². The molecule has 2 fully saturated rings. The average molecular weight is 439 g/mol. The molecule has 5 rings (SSSR count). The molecule has 2 unspecified atom stereocenters. The van der Waals surface area contributed by atoms with Gasteiger partial charge in [0.25, 0.3) is 0 Å². The third-order valence-electron chi connectivity index (χ3n) is 6.54. The number of benzene rings is 1. The van der Waals surface area contributed by atoms with E-state index in [-0.39, 0.29) is 12.0 Å². The number of fused-ring (bicyclic) bond motifs is 1. The van der Waals surface area contributed by atoms with Crippen molar-refractivity contribution in [3.63, 3.8) is 0 Å². The molecule has 3 heterocycles. The SMILES string of the molecule is O=C1CCCCN1c1cccc2c(-c3cnc(NCC4CCC(O)C4)cc3Cl)c[nH]c12. The number of H-pyrrole nitrogens is 1. The number of anilines is 2. The Morgan fingerprint density at radius 1 is 1.26 bits per heavy atom. The molecular weight excluding hydrogens is 412 g/mol. The Bertz CT molecular complexity index is 1110. The number of hydrogen-bond acceptors (Lipinski definition) is 4. The summed E-state index contributed by atoms with van der Waals surface area (Å²) in [4.78, 5) is 22.3. The lowest BCUT2D eigenvalue weighted by Gasteiger charge is -2.27. The van der Waals surface area contributed by atoms with Crippen LogP contribution in [-0.2, 0) is 4.79 Å². The third-order valence-corrected chi connectivity index (χ3v) is 6.85. The zero-order valence-electron chi connectivity index (χ0n) is 17.4. The Morgan fingerprint density at radius 3 is 2.94 bits per heavy atom. The summed E-state index contributed by atoms with van der Waals surface area (Å²) in [6, 6.07) is 7.90. The van der Waals surface area contributed by atoms with Crippen LogP contribution in [0.1, 0.15) is 38.5 Å². The van der Waals surface area contributed by atoms with Crippen LogP contribution in [0.15, 0.2) is 36.7 Å². The number of carbonyl (C=O) groups is 1. The lowest BCUT2D eigenvalue weighted by Crippen LogP contribution is -2.35. The lowest BCUT2D eigenvalue weighted by atomic mass is 10.0. The second-order valence-electron chi connectivity index (χ2n) is 8.67. The summed E-state index contributed by atoms with van der Waals surface area (Å²) < 4.78 is 0. The van der Waals surface area contributed by atoms with Crippen molar-refractivity contribution < 1.29 is 9.90 Å². The fraction of sp³-hybridized carbons (Fsp3) is 0.417. The molecule has 2 atom stereocenters. The van der Waals surface area contributed by atoms with Crippen LogP contribution in [0.2, 0.25) is 5.02 Å². The number of carbonyl (C=O) groups excluding carboxylic acids is 1. The zero-order valence-corrected chi connectivity index (χ0v) is 18.2. The van der Waals surface area contributed by atoms with E-state index in [2.05, 4.69) is 15.3 Å². The van der Waals surface area contributed by atoms with Crippen molar-refractivity contribution in [1.82, 2.24) is 9.97 Å². The van der Waals surface area contributed by atoms with Crippen LogP contribution in [0.3, 0.4) is 0 Å². The van der Waals surface area contributed by atoms with Gasteiger partial charge in [0.1, 0.15) is 5.82 Å². The number of rotatable bonds is 5. The van der Waals surface area contributed by atoms with Crippen molar-refractivity contribution in [3.05, 3.63) is 41.7 Å². The maximum absolute atomic E-state index is 12.4. The van der Waals surface area contributed by atoms with Gasteiger partial charge >= 0.3 is 0 Å². The largest absolute Gasteiger partial charge is 0.393 e. The minimum Gasteiger partial charge on any atom is -0.393 e. The smallest absolute Gasteiger partial charge is 0.227 e. The number of aromatic amines is 1. The number of aromatic nitrogens is 2. The van der Waals surface area contributed by atoms with Crippen LogP contribution in [0.5, 0.6) is 0 Å². The number of nitrogens with one attached hydrogen (secondary N) is 2. The number of aliphatic hydroxyl groups is 1. The highest BCUT2D eigenvalue weighted by molar-refractivity contribution is 6.34. The van der Waals surface area contributed by atoms with Crippen LogP contribution >= 0.6 is 11.6 Å². The average Bonchev–Trinajstić information content (AvgIpc) is 3.39. The molecule has 7 heteroatoms. The Hall–Kier alpha value is -2.57. The third kappa shape index (κ3) is 4.02. The number of aliphatic hydroxyl groups excluding tert-OH is 1. The van der Waals surface area contributed by atoms with E-state index in [1.165, 1.54) is 0 Å². The minimum absolute atomic E-state index is 0.169. The van der Waals surface area contributed by atoms with E-state index in [1.807, 2.05) is 35.4 Å². The van der Waals surface area contributed by atoms with E-state index in [0.29, 0.717) is 17.4 Å². The van der Waals surface area contributed by atoms with Crippen LogP contribution < -0.4 is 10.2 Å². The molecule has 162 valence electrons. The Morgan fingerprint density at radius 2 is 2.16 bits per heavy atom. The summed E-state index contributed by atoms with van der Waals surface area (Å²) in [6.07, 6.45) is 8.93. The summed E-state index contributed by atoms with van der Waals surface area (Å²) in [6.45, 7) is 1.55. The first-order valence-corrected chi connectivity index (χ1v) is 11.5. The van der Waals surface area contributed by atoms with E-state index in [9.17, 15) is 9.90 Å². The normalized spacial score (nSPS) is 21.7. The molecule has 0 bridgehead atoms. The van der Waals surface area contributed by atoms with E-state index in [0.717, 1.165) is 78.7 Å². The second kappa shape index (κ2) is 8.52. The van der Waals surface area contributed by atoms with Gasteiger partial charge in [0, 0.05) is 48.4 Å². The van der Waals surface area contributed by atoms with Gasteiger partial charge in [-0.25, -0.2) is 4.98 Å². The molecule has 6 nitrogen and oxygen atoms in total. The maximum atomic E-state index is 12.4. The van der Waals surface area contributed by atoms with Gasteiger partial charge in [-0.3, -0.25) is 4.79 Å². The molecule has 1 saturated carbocycles. The predicted molar refractivity (Wildman–Crippen MR) is 125 cm³/mol. The van der Waals surface area contributed by atoms with E-state index in [4.69, 9.17) is 11.6 Å². The van der Waals surface area contributed by atoms with Gasteiger partial charge in [0.05, 0.1) is 22.3 Å². The van der Waals surface area contributed by atoms with Crippen LogP contribution in [0.4, 0.5) is 11.5 Å². The minimum atomic E-state index is -0.169. The van der Waals surface area contributed by atoms with Crippen molar-refractivity contribution in [2.24, 2.45) is 5.92 Å². The van der Waals surface area contributed by atoms with Crippen molar-refractivity contribution in [1.29, 1.82) is 0 Å². The van der Waals surface area contributed by atoms with Gasteiger partial charge < -0.3 is 20.3 Å². The zero-order chi connectivity index (χ0) is 21.4. The predicted octanol–water partition coefficient (Wildman–Crippen LogP) is 4.97. The topological polar surface area (TPSA) is 81.2 Å². The molecule has 1 saturated heterocycles. The number of hydrogen-bond donors (Lipinski definition) is 3. The first-order valence-electron chi connectivity index (χ1n) is 11.1. The first-order chi connectivity index (χ1) is 15.1. The molecule has 2 aromatic heterocycles. The Labute approximate surface area is 186 Å². The fourth-order valence-electron chi connectivity index (χ4n) is 4.86. The Balaban J connectivity index is 1.40. The van der Waals surface area contributed by atoms with E-state index >= 15 is 0 Å². The quantitative estimate of drug-likeness (QED) is 0.525. The van der Waals surface area contributed by atoms with Gasteiger partial charge in [-0.2, -0.15) is 0 Å². The van der Waals surface area contributed by atoms with E-state index in [1.54, 1.807) is 6.20 Å². The highest BCUT2D eigenvalue weighted by Gasteiger charge is 2.24. The number of halogens is 1. The fourth-order valence-corrected chi connectivity index (χ4v) is 5.11. The molecule has 0 spiro atoms. The van der Waals surface area contributed by atoms with Gasteiger partial charge in [-0.15, -0.1) is 0 Å². The number of pyridine rings is 1. The highest BCUT2D eigenvalue weighted by Crippen LogP contribution is 2.38. The molecule has 1 amide bonds. The van der Waals surface area contributed by atoms with Gasteiger partial charge in [0.15, 0.2) is 0 Å². The molecule has 3 N–H and O–H groups in total. The number of para-hydroxylation sites is 1. The number of piperidine rings is 1. The summed E-state index contributed by atoms with van der Waals surface area (Å²) in [5.74, 6) is 1.40. The molecule has 0 radical (unpaired) electrons. The molecule has 31 heavy (non-hydrogen) atoms. The molecule has 1 aliphatic carbocycles. The molecule has 2 aliphatic rings.